The average Bonchev–Trinajstić information content (AvgIpc) is 2.98. The van der Waals surface area contributed by atoms with E-state index in [0.717, 1.165) is 4.47 Å². The number of nitrogens with zero attached hydrogens (tertiary/aromatic N) is 2. The van der Waals surface area contributed by atoms with Crippen LogP contribution in [0.3, 0.4) is 0 Å². The summed E-state index contributed by atoms with van der Waals surface area (Å²) >= 11 is 23.2. The summed E-state index contributed by atoms with van der Waals surface area (Å²) in [6, 6.07) is 8.57. The molecule has 1 amide bonds. The average molecular weight is 545 g/mol. The molecule has 0 aromatic heterocycles. The monoisotopic (exact) mass is 542 g/mol. The molecule has 1 aliphatic rings. The van der Waals surface area contributed by atoms with Gasteiger partial charge in [-0.25, -0.2) is 4.99 Å². The summed E-state index contributed by atoms with van der Waals surface area (Å²) in [7, 11) is 0. The predicted octanol–water partition coefficient (Wildman–Crippen LogP) is 7.05. The molecule has 9 heteroatoms. The zero-order valence-electron chi connectivity index (χ0n) is 15.6. The van der Waals surface area contributed by atoms with E-state index in [1.807, 2.05) is 13.0 Å². The maximum absolute atomic E-state index is 12.9. The van der Waals surface area contributed by atoms with Gasteiger partial charge in [-0.05, 0) is 71.0 Å². The van der Waals surface area contributed by atoms with Crippen LogP contribution >= 0.6 is 62.5 Å². The number of hydrogen-bond acceptors (Lipinski definition) is 4. The van der Waals surface area contributed by atoms with Gasteiger partial charge in [0.05, 0.1) is 20.6 Å². The van der Waals surface area contributed by atoms with Gasteiger partial charge in [0.1, 0.15) is 12.4 Å². The summed E-state index contributed by atoms with van der Waals surface area (Å²) in [5.74, 6) is 2.59. The molecule has 0 spiro atoms. The second kappa shape index (κ2) is 10.1. The summed E-state index contributed by atoms with van der Waals surface area (Å²) in [6.07, 6.45) is 6.96. The van der Waals surface area contributed by atoms with Crippen LogP contribution in [0.25, 0.3) is 6.08 Å². The van der Waals surface area contributed by atoms with Gasteiger partial charge in [0.2, 0.25) is 0 Å². The zero-order chi connectivity index (χ0) is 21.8. The molecule has 0 bridgehead atoms. The molecule has 1 fully saturated rings. The fourth-order valence-corrected chi connectivity index (χ4v) is 4.67. The number of carbonyl (C=O) groups excluding carboxylic acids is 1. The molecule has 1 heterocycles. The fourth-order valence-electron chi connectivity index (χ4n) is 2.63. The molecule has 1 aliphatic heterocycles. The number of amides is 1. The molecule has 0 saturated carbocycles. The lowest BCUT2D eigenvalue weighted by atomic mass is 10.1. The number of amidine groups is 1. The van der Waals surface area contributed by atoms with Gasteiger partial charge in [-0.3, -0.25) is 9.69 Å². The van der Waals surface area contributed by atoms with Crippen molar-refractivity contribution < 1.29 is 9.53 Å². The number of likely N-dealkylation sites (N-methyl/N-ethyl adjacent to an activating group) is 1. The van der Waals surface area contributed by atoms with Crippen LogP contribution < -0.4 is 4.74 Å². The highest BCUT2D eigenvalue weighted by molar-refractivity contribution is 9.10. The molecule has 0 N–H and O–H groups in total. The summed E-state index contributed by atoms with van der Waals surface area (Å²) in [4.78, 5) is 19.6. The van der Waals surface area contributed by atoms with Crippen molar-refractivity contribution in [3.63, 3.8) is 0 Å². The van der Waals surface area contributed by atoms with E-state index in [2.05, 4.69) is 26.8 Å². The molecule has 154 valence electrons. The Kier molecular flexibility index (Phi) is 7.78. The number of benzene rings is 2. The first kappa shape index (κ1) is 23.1. The van der Waals surface area contributed by atoms with Crippen molar-refractivity contribution in [1.82, 2.24) is 4.90 Å². The van der Waals surface area contributed by atoms with Crippen molar-refractivity contribution in [2.75, 3.05) is 13.2 Å². The topological polar surface area (TPSA) is 41.9 Å². The van der Waals surface area contributed by atoms with Gasteiger partial charge in [0.25, 0.3) is 5.91 Å². The number of ether oxygens (including phenoxy) is 1. The van der Waals surface area contributed by atoms with Crippen molar-refractivity contribution in [3.8, 4) is 18.1 Å². The van der Waals surface area contributed by atoms with Gasteiger partial charge in [-0.15, -0.1) is 6.42 Å². The first-order chi connectivity index (χ1) is 14.3. The predicted molar refractivity (Wildman–Crippen MR) is 130 cm³/mol. The van der Waals surface area contributed by atoms with Crippen molar-refractivity contribution in [3.05, 3.63) is 60.3 Å². The first-order valence-corrected chi connectivity index (χ1v) is 11.4. The molecule has 0 radical (unpaired) electrons. The second-order valence-electron chi connectivity index (χ2n) is 5.95. The maximum Gasteiger partial charge on any atom is 0.266 e. The Labute approximate surface area is 202 Å². The summed E-state index contributed by atoms with van der Waals surface area (Å²) in [6.45, 7) is 2.38. The zero-order valence-corrected chi connectivity index (χ0v) is 20.3. The maximum atomic E-state index is 12.9. The number of aliphatic imine (C=N–C) groups is 1. The standard InChI is InChI=1S/C21H14BrCl3N2O2S/c1-3-7-29-19-12(8-13(23)10-17(19)25)9-18-20(28)27(4-2)21(30-18)26-14-5-6-15(22)16(24)11-14/h1,5-6,8-11H,4,7H2,2H3/b18-9+,26-21?. The number of halogens is 4. The number of thioether (sulfide) groups is 1. The van der Waals surface area contributed by atoms with Crippen molar-refractivity contribution in [2.45, 2.75) is 6.92 Å². The molecule has 3 rings (SSSR count). The quantitative estimate of drug-likeness (QED) is 0.299. The molecule has 4 nitrogen and oxygen atoms in total. The molecule has 2 aromatic rings. The van der Waals surface area contributed by atoms with Crippen LogP contribution in [0.5, 0.6) is 5.75 Å². The molecular formula is C21H14BrCl3N2O2S. The Hall–Kier alpha value is -1.62. The van der Waals surface area contributed by atoms with E-state index in [0.29, 0.717) is 48.7 Å². The van der Waals surface area contributed by atoms with Crippen LogP contribution in [0.1, 0.15) is 12.5 Å². The molecule has 0 unspecified atom stereocenters. The van der Waals surface area contributed by atoms with Crippen LogP contribution in [-0.4, -0.2) is 29.1 Å². The van der Waals surface area contributed by atoms with Gasteiger partial charge in [-0.2, -0.15) is 0 Å². The van der Waals surface area contributed by atoms with Gasteiger partial charge in [-0.1, -0.05) is 40.7 Å². The van der Waals surface area contributed by atoms with E-state index >= 15 is 0 Å². The van der Waals surface area contributed by atoms with Crippen LogP contribution in [0.4, 0.5) is 5.69 Å². The molecule has 2 aromatic carbocycles. The SMILES string of the molecule is C#CCOc1c(Cl)cc(Cl)cc1/C=C1/SC(=Nc2ccc(Br)c(Cl)c2)N(CC)C1=O. The highest BCUT2D eigenvalue weighted by Crippen LogP contribution is 2.39. The van der Waals surface area contributed by atoms with E-state index in [9.17, 15) is 4.79 Å². The summed E-state index contributed by atoms with van der Waals surface area (Å²) < 4.78 is 6.33. The largest absolute Gasteiger partial charge is 0.479 e. The fraction of sp³-hybridized carbons (Fsp3) is 0.143. The number of carbonyl (C=O) groups is 1. The molecule has 0 atom stereocenters. The number of terminal acetylenes is 1. The second-order valence-corrected chi connectivity index (χ2v) is 9.07. The lowest BCUT2D eigenvalue weighted by Gasteiger charge is -2.12. The van der Waals surface area contributed by atoms with Gasteiger partial charge >= 0.3 is 0 Å². The summed E-state index contributed by atoms with van der Waals surface area (Å²) in [5.41, 5.74) is 1.20. The number of hydrogen-bond donors (Lipinski definition) is 0. The molecule has 0 aliphatic carbocycles. The molecule has 30 heavy (non-hydrogen) atoms. The highest BCUT2D eigenvalue weighted by Gasteiger charge is 2.32. The van der Waals surface area contributed by atoms with Crippen LogP contribution in [0.15, 0.2) is 44.7 Å². The van der Waals surface area contributed by atoms with Crippen molar-refractivity contribution in [2.24, 2.45) is 4.99 Å². The first-order valence-electron chi connectivity index (χ1n) is 8.64. The minimum atomic E-state index is -0.177. The molecular weight excluding hydrogens is 531 g/mol. The Morgan fingerprint density at radius 1 is 1.27 bits per heavy atom. The Morgan fingerprint density at radius 2 is 2.03 bits per heavy atom. The third-order valence-electron chi connectivity index (χ3n) is 3.96. The Morgan fingerprint density at radius 3 is 2.70 bits per heavy atom. The minimum absolute atomic E-state index is 0.0384. The smallest absolute Gasteiger partial charge is 0.266 e. The van der Waals surface area contributed by atoms with Crippen molar-refractivity contribution in [1.29, 1.82) is 0 Å². The van der Waals surface area contributed by atoms with Gasteiger partial charge < -0.3 is 4.74 Å². The van der Waals surface area contributed by atoms with Crippen LogP contribution in [0, 0.1) is 12.3 Å². The van der Waals surface area contributed by atoms with E-state index < -0.39 is 0 Å². The minimum Gasteiger partial charge on any atom is -0.479 e. The van der Waals surface area contributed by atoms with E-state index in [4.69, 9.17) is 46.0 Å². The summed E-state index contributed by atoms with van der Waals surface area (Å²) in [5, 5.41) is 1.81. The van der Waals surface area contributed by atoms with Crippen LogP contribution in [-0.2, 0) is 4.79 Å². The van der Waals surface area contributed by atoms with Crippen LogP contribution in [0.2, 0.25) is 15.1 Å². The third kappa shape index (κ3) is 5.16. The van der Waals surface area contributed by atoms with E-state index in [-0.39, 0.29) is 12.5 Å². The molecule has 1 saturated heterocycles. The lowest BCUT2D eigenvalue weighted by Crippen LogP contribution is -2.28. The normalized spacial score (nSPS) is 16.4. The third-order valence-corrected chi connectivity index (χ3v) is 6.69. The lowest BCUT2D eigenvalue weighted by molar-refractivity contribution is -0.122. The van der Waals surface area contributed by atoms with Gasteiger partial charge in [0, 0.05) is 21.6 Å². The van der Waals surface area contributed by atoms with Gasteiger partial charge in [0.15, 0.2) is 5.17 Å². The Bertz CT molecular complexity index is 1110. The van der Waals surface area contributed by atoms with Crippen molar-refractivity contribution >= 4 is 85.3 Å². The Balaban J connectivity index is 2.01. The highest BCUT2D eigenvalue weighted by atomic mass is 79.9. The number of rotatable bonds is 5. The van der Waals surface area contributed by atoms with E-state index in [1.165, 1.54) is 11.8 Å². The van der Waals surface area contributed by atoms with E-state index in [1.54, 1.807) is 35.2 Å².